The van der Waals surface area contributed by atoms with Gasteiger partial charge >= 0.3 is 0 Å². The Morgan fingerprint density at radius 2 is 1.88 bits per heavy atom. The molecule has 0 amide bonds. The summed E-state index contributed by atoms with van der Waals surface area (Å²) in [6.07, 6.45) is 1.78. The number of hydrogen-bond acceptors (Lipinski definition) is 2. The first kappa shape index (κ1) is 11.0. The number of pyridine rings is 1. The zero-order valence-electron chi connectivity index (χ0n) is 9.29. The average molecular weight is 233 g/mol. The molecular weight excluding hydrogens is 220 g/mol. The summed E-state index contributed by atoms with van der Waals surface area (Å²) in [5, 5.41) is 0.772. The molecule has 0 bridgehead atoms. The smallest absolute Gasteiger partial charge is 0.123 e. The molecule has 1 heterocycles. The van der Waals surface area contributed by atoms with E-state index < -0.39 is 0 Å². The summed E-state index contributed by atoms with van der Waals surface area (Å²) in [5.41, 5.74) is 9.94. The van der Waals surface area contributed by atoms with Crippen molar-refractivity contribution in [3.05, 3.63) is 46.6 Å². The van der Waals surface area contributed by atoms with Gasteiger partial charge in [0.2, 0.25) is 0 Å². The summed E-state index contributed by atoms with van der Waals surface area (Å²) in [6.45, 7) is 4.00. The number of aromatic nitrogens is 1. The lowest BCUT2D eigenvalue weighted by atomic mass is 10.0. The molecule has 0 spiro atoms. The van der Waals surface area contributed by atoms with Crippen molar-refractivity contribution in [2.45, 2.75) is 13.8 Å². The van der Waals surface area contributed by atoms with Gasteiger partial charge in [-0.05, 0) is 42.7 Å². The fourth-order valence-corrected chi connectivity index (χ4v) is 1.82. The minimum Gasteiger partial charge on any atom is -0.384 e. The van der Waals surface area contributed by atoms with Crippen LogP contribution in [-0.4, -0.2) is 4.98 Å². The van der Waals surface area contributed by atoms with E-state index >= 15 is 0 Å². The van der Waals surface area contributed by atoms with Crippen molar-refractivity contribution in [3.8, 4) is 11.1 Å². The second-order valence-electron chi connectivity index (χ2n) is 3.89. The normalized spacial score (nSPS) is 10.4. The minimum absolute atomic E-state index is 0.541. The molecule has 0 radical (unpaired) electrons. The van der Waals surface area contributed by atoms with Crippen LogP contribution in [0.4, 0.5) is 5.82 Å². The molecule has 0 unspecified atom stereocenters. The number of nitrogens with zero attached hydrogens (tertiary/aromatic N) is 1. The maximum atomic E-state index is 6.10. The van der Waals surface area contributed by atoms with Crippen molar-refractivity contribution >= 4 is 17.4 Å². The summed E-state index contributed by atoms with van der Waals surface area (Å²) in [5.74, 6) is 0.541. The lowest BCUT2D eigenvalue weighted by Gasteiger charge is -2.07. The van der Waals surface area contributed by atoms with Crippen LogP contribution in [0.5, 0.6) is 0 Å². The zero-order valence-corrected chi connectivity index (χ0v) is 10.0. The highest BCUT2D eigenvalue weighted by Crippen LogP contribution is 2.27. The lowest BCUT2D eigenvalue weighted by Crippen LogP contribution is -1.92. The van der Waals surface area contributed by atoms with Gasteiger partial charge in [0.25, 0.3) is 0 Å². The van der Waals surface area contributed by atoms with Gasteiger partial charge in [0.15, 0.2) is 0 Å². The Hall–Kier alpha value is -1.54. The van der Waals surface area contributed by atoms with E-state index in [1.54, 1.807) is 6.20 Å². The largest absolute Gasteiger partial charge is 0.384 e. The fourth-order valence-electron chi connectivity index (χ4n) is 1.64. The number of anilines is 1. The van der Waals surface area contributed by atoms with E-state index in [-0.39, 0.29) is 0 Å². The van der Waals surface area contributed by atoms with Crippen molar-refractivity contribution < 1.29 is 0 Å². The van der Waals surface area contributed by atoms with Crippen molar-refractivity contribution in [1.29, 1.82) is 0 Å². The molecule has 2 N–H and O–H groups in total. The summed E-state index contributed by atoms with van der Waals surface area (Å²) in [7, 11) is 0. The Balaban J connectivity index is 2.54. The third kappa shape index (κ3) is 2.02. The van der Waals surface area contributed by atoms with Gasteiger partial charge in [0, 0.05) is 16.8 Å². The number of nitrogens with two attached hydrogens (primary N) is 1. The lowest BCUT2D eigenvalue weighted by molar-refractivity contribution is 1.29. The molecule has 2 rings (SSSR count). The second-order valence-corrected chi connectivity index (χ2v) is 4.30. The van der Waals surface area contributed by atoms with Gasteiger partial charge in [-0.3, -0.25) is 0 Å². The summed E-state index contributed by atoms with van der Waals surface area (Å²) < 4.78 is 0. The predicted octanol–water partition coefficient (Wildman–Crippen LogP) is 3.60. The fraction of sp³-hybridized carbons (Fsp3) is 0.154. The highest BCUT2D eigenvalue weighted by molar-refractivity contribution is 6.31. The highest BCUT2D eigenvalue weighted by atomic mass is 35.5. The first-order valence-corrected chi connectivity index (χ1v) is 5.44. The van der Waals surface area contributed by atoms with Crippen LogP contribution < -0.4 is 5.73 Å². The molecule has 82 valence electrons. The standard InChI is InChI=1S/C13H13ClN2/c1-8-3-4-10(6-12(8)14)11-7-16-13(15)5-9(11)2/h3-7H,1-2H3,(H2,15,16). The van der Waals surface area contributed by atoms with Crippen LogP contribution in [0.3, 0.4) is 0 Å². The van der Waals surface area contributed by atoms with Gasteiger partial charge in [-0.25, -0.2) is 4.98 Å². The summed E-state index contributed by atoms with van der Waals surface area (Å²) in [6, 6.07) is 7.87. The number of nitrogen functional groups attached to an aromatic ring is 1. The molecule has 2 aromatic rings. The van der Waals surface area contributed by atoms with Crippen molar-refractivity contribution in [2.24, 2.45) is 0 Å². The summed E-state index contributed by atoms with van der Waals surface area (Å²) in [4.78, 5) is 4.10. The van der Waals surface area contributed by atoms with Gasteiger partial charge in [-0.1, -0.05) is 23.7 Å². The zero-order chi connectivity index (χ0) is 11.7. The molecule has 0 atom stereocenters. The third-order valence-electron chi connectivity index (χ3n) is 2.61. The Bertz CT molecular complexity index is 535. The van der Waals surface area contributed by atoms with Gasteiger partial charge in [0.05, 0.1) is 0 Å². The van der Waals surface area contributed by atoms with E-state index in [9.17, 15) is 0 Å². The highest BCUT2D eigenvalue weighted by Gasteiger charge is 2.04. The van der Waals surface area contributed by atoms with Crippen molar-refractivity contribution in [1.82, 2.24) is 4.98 Å². The van der Waals surface area contributed by atoms with Crippen LogP contribution in [0.2, 0.25) is 5.02 Å². The van der Waals surface area contributed by atoms with Crippen LogP contribution in [-0.2, 0) is 0 Å². The monoisotopic (exact) mass is 232 g/mol. The first-order valence-electron chi connectivity index (χ1n) is 5.06. The number of hydrogen-bond donors (Lipinski definition) is 1. The first-order chi connectivity index (χ1) is 7.58. The van der Waals surface area contributed by atoms with E-state index in [4.69, 9.17) is 17.3 Å². The molecular formula is C13H13ClN2. The topological polar surface area (TPSA) is 38.9 Å². The number of rotatable bonds is 1. The second kappa shape index (κ2) is 4.14. The third-order valence-corrected chi connectivity index (χ3v) is 3.02. The summed E-state index contributed by atoms with van der Waals surface area (Å²) >= 11 is 6.10. The predicted molar refractivity (Wildman–Crippen MR) is 68.6 cm³/mol. The molecule has 1 aromatic carbocycles. The molecule has 0 saturated heterocycles. The quantitative estimate of drug-likeness (QED) is 0.816. The van der Waals surface area contributed by atoms with E-state index in [0.717, 1.165) is 27.3 Å². The number of aryl methyl sites for hydroxylation is 2. The SMILES string of the molecule is Cc1ccc(-c2cnc(N)cc2C)cc1Cl. The van der Waals surface area contributed by atoms with Gasteiger partial charge in [0.1, 0.15) is 5.82 Å². The maximum absolute atomic E-state index is 6.10. The molecule has 0 saturated carbocycles. The van der Waals surface area contributed by atoms with Crippen LogP contribution in [0.25, 0.3) is 11.1 Å². The number of benzene rings is 1. The molecule has 1 aromatic heterocycles. The van der Waals surface area contributed by atoms with Crippen LogP contribution in [0.15, 0.2) is 30.5 Å². The molecule has 0 fully saturated rings. The van der Waals surface area contributed by atoms with E-state index in [1.807, 2.05) is 38.1 Å². The molecule has 16 heavy (non-hydrogen) atoms. The molecule has 0 aliphatic rings. The molecule has 0 aliphatic carbocycles. The molecule has 3 heteroatoms. The van der Waals surface area contributed by atoms with Crippen LogP contribution in [0.1, 0.15) is 11.1 Å². The molecule has 0 aliphatic heterocycles. The van der Waals surface area contributed by atoms with Gasteiger partial charge in [-0.15, -0.1) is 0 Å². The Kier molecular flexibility index (Phi) is 2.84. The van der Waals surface area contributed by atoms with Crippen LogP contribution in [0, 0.1) is 13.8 Å². The number of halogens is 1. The van der Waals surface area contributed by atoms with Crippen LogP contribution >= 0.6 is 11.6 Å². The van der Waals surface area contributed by atoms with E-state index in [1.165, 1.54) is 0 Å². The Morgan fingerprint density at radius 3 is 2.50 bits per heavy atom. The molecule has 2 nitrogen and oxygen atoms in total. The Labute approximate surface area is 100 Å². The van der Waals surface area contributed by atoms with Gasteiger partial charge in [-0.2, -0.15) is 0 Å². The van der Waals surface area contributed by atoms with E-state index in [0.29, 0.717) is 5.82 Å². The minimum atomic E-state index is 0.541. The van der Waals surface area contributed by atoms with Crippen molar-refractivity contribution in [3.63, 3.8) is 0 Å². The van der Waals surface area contributed by atoms with E-state index in [2.05, 4.69) is 4.98 Å². The Morgan fingerprint density at radius 1 is 1.12 bits per heavy atom. The average Bonchev–Trinajstić information content (AvgIpc) is 2.22. The van der Waals surface area contributed by atoms with Crippen molar-refractivity contribution in [2.75, 3.05) is 5.73 Å². The van der Waals surface area contributed by atoms with Gasteiger partial charge < -0.3 is 5.73 Å². The maximum Gasteiger partial charge on any atom is 0.123 e.